The summed E-state index contributed by atoms with van der Waals surface area (Å²) in [5.74, 6) is 7.51. The van der Waals surface area contributed by atoms with Crippen LogP contribution in [0, 0.1) is 11.8 Å². The molecule has 0 aliphatic rings. The number of methoxy groups -OCH3 is 2. The minimum Gasteiger partial charge on any atom is -0.493 e. The number of rotatable bonds is 5. The molecular weight excluding hydrogens is 398 g/mol. The average Bonchev–Trinajstić information content (AvgIpc) is 2.73. The van der Waals surface area contributed by atoms with Crippen LogP contribution in [0.15, 0.2) is 42.6 Å². The van der Waals surface area contributed by atoms with Crippen molar-refractivity contribution in [3.8, 4) is 23.3 Å². The Kier molecular flexibility index (Phi) is 6.42. The van der Waals surface area contributed by atoms with Crippen molar-refractivity contribution in [3.63, 3.8) is 0 Å². The lowest BCUT2D eigenvalue weighted by atomic mass is 10.0. The van der Waals surface area contributed by atoms with E-state index in [1.165, 1.54) is 7.11 Å². The largest absolute Gasteiger partial charge is 0.493 e. The average molecular weight is 419 g/mol. The van der Waals surface area contributed by atoms with E-state index in [0.29, 0.717) is 46.1 Å². The molecule has 0 spiro atoms. The van der Waals surface area contributed by atoms with Crippen LogP contribution in [-0.2, 0) is 6.42 Å². The van der Waals surface area contributed by atoms with Crippen LogP contribution in [0.4, 0.5) is 22.2 Å². The predicted molar refractivity (Wildman–Crippen MR) is 117 cm³/mol. The zero-order valence-corrected chi connectivity index (χ0v) is 17.0. The molecule has 0 saturated heterocycles. The number of nitrogen functional groups attached to an aromatic ring is 2. The van der Waals surface area contributed by atoms with Crippen LogP contribution >= 0.6 is 0 Å². The van der Waals surface area contributed by atoms with Crippen molar-refractivity contribution in [2.45, 2.75) is 6.42 Å². The molecule has 6 N–H and O–H groups in total. The van der Waals surface area contributed by atoms with Crippen LogP contribution in [0.2, 0.25) is 0 Å². The molecule has 1 amide bonds. The maximum absolute atomic E-state index is 10.8. The third-order valence-electron chi connectivity index (χ3n) is 4.31. The van der Waals surface area contributed by atoms with E-state index in [2.05, 4.69) is 27.1 Å². The van der Waals surface area contributed by atoms with E-state index in [1.54, 1.807) is 37.6 Å². The molecule has 0 radical (unpaired) electrons. The van der Waals surface area contributed by atoms with E-state index in [4.69, 9.17) is 26.0 Å². The van der Waals surface area contributed by atoms with Crippen molar-refractivity contribution < 1.29 is 19.4 Å². The number of nitrogens with one attached hydrogen (secondary N) is 1. The number of hydrogen-bond donors (Lipinski definition) is 4. The summed E-state index contributed by atoms with van der Waals surface area (Å²) in [6.45, 7) is 0. The molecule has 0 aliphatic carbocycles. The number of nitrogens with zero attached hydrogens (tertiary/aromatic N) is 2. The smallest absolute Gasteiger partial charge is 0.409 e. The van der Waals surface area contributed by atoms with Crippen molar-refractivity contribution in [3.05, 3.63) is 64.8 Å². The van der Waals surface area contributed by atoms with Gasteiger partial charge in [-0.05, 0) is 35.9 Å². The normalized spacial score (nSPS) is 10.0. The Labute approximate surface area is 179 Å². The van der Waals surface area contributed by atoms with Crippen LogP contribution < -0.4 is 26.3 Å². The number of carboxylic acid groups (broad SMARTS) is 1. The molecule has 0 fully saturated rings. The van der Waals surface area contributed by atoms with Gasteiger partial charge in [0.1, 0.15) is 5.82 Å². The van der Waals surface area contributed by atoms with E-state index in [9.17, 15) is 4.79 Å². The molecule has 0 atom stereocenters. The Morgan fingerprint density at radius 3 is 2.65 bits per heavy atom. The third-order valence-corrected chi connectivity index (χ3v) is 4.31. The molecule has 3 rings (SSSR count). The first-order valence-electron chi connectivity index (χ1n) is 9.13. The number of carbonyl (C=O) groups is 1. The summed E-state index contributed by atoms with van der Waals surface area (Å²) >= 11 is 0. The standard InChI is InChI=1S/C22H21N5O4/c1-30-18-11-14(9-16-12-25-21(24)27-20(16)23)8-15(19(18)31-2)7-6-13-4-3-5-17(10-13)26-22(28)29/h3-5,8,10-12,26H,9H2,1-2H3,(H,28,29)(H4,23,24,25,27). The van der Waals surface area contributed by atoms with Crippen LogP contribution in [-0.4, -0.2) is 35.4 Å². The zero-order chi connectivity index (χ0) is 22.4. The van der Waals surface area contributed by atoms with Crippen molar-refractivity contribution in [2.24, 2.45) is 0 Å². The fourth-order valence-electron chi connectivity index (χ4n) is 2.94. The first kappa shape index (κ1) is 21.3. The van der Waals surface area contributed by atoms with Gasteiger partial charge in [-0.1, -0.05) is 17.9 Å². The monoisotopic (exact) mass is 419 g/mol. The van der Waals surface area contributed by atoms with Gasteiger partial charge in [-0.15, -0.1) is 0 Å². The van der Waals surface area contributed by atoms with Gasteiger partial charge in [0.2, 0.25) is 5.95 Å². The van der Waals surface area contributed by atoms with Gasteiger partial charge < -0.3 is 26.0 Å². The van der Waals surface area contributed by atoms with E-state index in [1.807, 2.05) is 12.1 Å². The fourth-order valence-corrected chi connectivity index (χ4v) is 2.94. The highest BCUT2D eigenvalue weighted by atomic mass is 16.5. The second-order valence-corrected chi connectivity index (χ2v) is 6.46. The van der Waals surface area contributed by atoms with Gasteiger partial charge in [0.25, 0.3) is 0 Å². The molecule has 2 aromatic carbocycles. The zero-order valence-electron chi connectivity index (χ0n) is 17.0. The quantitative estimate of drug-likeness (QED) is 0.462. The lowest BCUT2D eigenvalue weighted by Crippen LogP contribution is -2.06. The highest BCUT2D eigenvalue weighted by Crippen LogP contribution is 2.33. The molecule has 158 valence electrons. The molecule has 0 aliphatic heterocycles. The second-order valence-electron chi connectivity index (χ2n) is 6.46. The Balaban J connectivity index is 1.99. The summed E-state index contributed by atoms with van der Waals surface area (Å²) in [6, 6.07) is 10.5. The molecule has 9 heteroatoms. The van der Waals surface area contributed by atoms with Crippen molar-refractivity contribution >= 4 is 23.5 Å². The number of amides is 1. The summed E-state index contributed by atoms with van der Waals surface area (Å²) in [6.07, 6.45) is 0.884. The minimum atomic E-state index is -1.14. The number of nitrogens with two attached hydrogens (primary N) is 2. The number of ether oxygens (including phenoxy) is 2. The first-order chi connectivity index (χ1) is 14.9. The first-order valence-corrected chi connectivity index (χ1v) is 9.13. The molecule has 0 saturated carbocycles. The van der Waals surface area contributed by atoms with Gasteiger partial charge in [0, 0.05) is 29.4 Å². The second kappa shape index (κ2) is 9.37. The lowest BCUT2D eigenvalue weighted by molar-refractivity contribution is 0.210. The van der Waals surface area contributed by atoms with E-state index >= 15 is 0 Å². The number of aromatic nitrogens is 2. The van der Waals surface area contributed by atoms with E-state index in [0.717, 1.165) is 5.56 Å². The molecule has 31 heavy (non-hydrogen) atoms. The van der Waals surface area contributed by atoms with Gasteiger partial charge in [-0.3, -0.25) is 5.32 Å². The highest BCUT2D eigenvalue weighted by Gasteiger charge is 2.13. The van der Waals surface area contributed by atoms with Gasteiger partial charge in [-0.2, -0.15) is 4.98 Å². The molecule has 0 unspecified atom stereocenters. The molecule has 3 aromatic rings. The van der Waals surface area contributed by atoms with E-state index in [-0.39, 0.29) is 5.95 Å². The summed E-state index contributed by atoms with van der Waals surface area (Å²) < 4.78 is 11.0. The van der Waals surface area contributed by atoms with Gasteiger partial charge in [-0.25, -0.2) is 9.78 Å². The predicted octanol–water partition coefficient (Wildman–Crippen LogP) is 2.74. The Morgan fingerprint density at radius 1 is 1.16 bits per heavy atom. The number of hydrogen-bond acceptors (Lipinski definition) is 7. The Hall–Kier alpha value is -4.45. The molecule has 1 aromatic heterocycles. The van der Waals surface area contributed by atoms with Gasteiger partial charge in [0.05, 0.1) is 19.8 Å². The highest BCUT2D eigenvalue weighted by molar-refractivity contribution is 5.83. The maximum atomic E-state index is 10.8. The Bertz CT molecular complexity index is 1180. The fraction of sp³-hybridized carbons (Fsp3) is 0.136. The molecule has 9 nitrogen and oxygen atoms in total. The topological polar surface area (TPSA) is 146 Å². The Morgan fingerprint density at radius 2 is 1.97 bits per heavy atom. The van der Waals surface area contributed by atoms with Crippen LogP contribution in [0.5, 0.6) is 11.5 Å². The van der Waals surface area contributed by atoms with Gasteiger partial charge in [0.15, 0.2) is 11.5 Å². The van der Waals surface area contributed by atoms with Gasteiger partial charge >= 0.3 is 6.09 Å². The summed E-state index contributed by atoms with van der Waals surface area (Å²) in [7, 11) is 3.08. The van der Waals surface area contributed by atoms with Crippen LogP contribution in [0.1, 0.15) is 22.3 Å². The molecule has 0 bridgehead atoms. The number of benzene rings is 2. The SMILES string of the molecule is COc1cc(Cc2cnc(N)nc2N)cc(C#Cc2cccc(NC(=O)O)c2)c1OC. The molecular formula is C22H21N5O4. The molecule has 1 heterocycles. The third kappa shape index (κ3) is 5.33. The minimum absolute atomic E-state index is 0.111. The van der Waals surface area contributed by atoms with Crippen molar-refractivity contribution in [2.75, 3.05) is 31.0 Å². The summed E-state index contributed by atoms with van der Waals surface area (Å²) in [5.41, 5.74) is 14.8. The van der Waals surface area contributed by atoms with Crippen molar-refractivity contribution in [1.29, 1.82) is 0 Å². The van der Waals surface area contributed by atoms with E-state index < -0.39 is 6.09 Å². The summed E-state index contributed by atoms with van der Waals surface area (Å²) in [5, 5.41) is 11.2. The number of anilines is 3. The van der Waals surface area contributed by atoms with Crippen LogP contribution in [0.3, 0.4) is 0 Å². The lowest BCUT2D eigenvalue weighted by Gasteiger charge is -2.13. The van der Waals surface area contributed by atoms with Crippen molar-refractivity contribution in [1.82, 2.24) is 9.97 Å². The summed E-state index contributed by atoms with van der Waals surface area (Å²) in [4.78, 5) is 18.8. The van der Waals surface area contributed by atoms with Crippen LogP contribution in [0.25, 0.3) is 0 Å². The maximum Gasteiger partial charge on any atom is 0.409 e.